The summed E-state index contributed by atoms with van der Waals surface area (Å²) < 4.78 is 0. The SMILES string of the molecule is Cc1cc(C)cc(NN2C(=O)C=CC2=O)c1. The fourth-order valence-corrected chi connectivity index (χ4v) is 1.68. The van der Waals surface area contributed by atoms with Crippen molar-refractivity contribution in [3.8, 4) is 0 Å². The van der Waals surface area contributed by atoms with Gasteiger partial charge >= 0.3 is 0 Å². The smallest absolute Gasteiger partial charge is 0.272 e. The van der Waals surface area contributed by atoms with Crippen molar-refractivity contribution in [1.29, 1.82) is 0 Å². The van der Waals surface area contributed by atoms with Crippen LogP contribution in [0.3, 0.4) is 0 Å². The van der Waals surface area contributed by atoms with E-state index in [2.05, 4.69) is 5.43 Å². The average molecular weight is 216 g/mol. The summed E-state index contributed by atoms with van der Waals surface area (Å²) in [5.41, 5.74) is 5.69. The van der Waals surface area contributed by atoms with E-state index in [0.717, 1.165) is 21.8 Å². The summed E-state index contributed by atoms with van der Waals surface area (Å²) in [5.74, 6) is -0.687. The van der Waals surface area contributed by atoms with E-state index in [1.54, 1.807) is 0 Å². The van der Waals surface area contributed by atoms with Crippen LogP contribution in [0.25, 0.3) is 0 Å². The second-order valence-electron chi connectivity index (χ2n) is 3.83. The minimum absolute atomic E-state index is 0.343. The maximum Gasteiger partial charge on any atom is 0.272 e. The number of amides is 2. The Morgan fingerprint density at radius 3 is 1.94 bits per heavy atom. The largest absolute Gasteiger partial charge is 0.288 e. The number of nitrogens with one attached hydrogen (secondary N) is 1. The van der Waals surface area contributed by atoms with E-state index in [9.17, 15) is 9.59 Å². The zero-order chi connectivity index (χ0) is 11.7. The molecule has 0 unspecified atom stereocenters. The molecule has 1 aliphatic rings. The van der Waals surface area contributed by atoms with Gasteiger partial charge in [0.1, 0.15) is 0 Å². The Bertz CT molecular complexity index is 454. The van der Waals surface area contributed by atoms with Crippen molar-refractivity contribution in [2.45, 2.75) is 13.8 Å². The van der Waals surface area contributed by atoms with Gasteiger partial charge in [-0.2, -0.15) is 5.01 Å². The molecule has 0 saturated carbocycles. The van der Waals surface area contributed by atoms with Crippen molar-refractivity contribution in [3.05, 3.63) is 41.5 Å². The van der Waals surface area contributed by atoms with Crippen LogP contribution >= 0.6 is 0 Å². The van der Waals surface area contributed by atoms with Crippen LogP contribution in [0, 0.1) is 13.8 Å². The number of carbonyl (C=O) groups excluding carboxylic acids is 2. The molecular weight excluding hydrogens is 204 g/mol. The molecule has 0 aromatic heterocycles. The Morgan fingerprint density at radius 1 is 0.938 bits per heavy atom. The van der Waals surface area contributed by atoms with E-state index < -0.39 is 0 Å². The van der Waals surface area contributed by atoms with Crippen molar-refractivity contribution in [2.75, 3.05) is 5.43 Å². The van der Waals surface area contributed by atoms with Gasteiger partial charge in [0, 0.05) is 12.2 Å². The number of hydrazine groups is 1. The molecular formula is C12H12N2O2. The molecule has 4 heteroatoms. The average Bonchev–Trinajstić information content (AvgIpc) is 2.48. The third-order valence-corrected chi connectivity index (χ3v) is 2.27. The number of nitrogens with zero attached hydrogens (tertiary/aromatic N) is 1. The standard InChI is InChI=1S/C12H12N2O2/c1-8-5-9(2)7-10(6-8)13-14-11(15)3-4-12(14)16/h3-7,13H,1-2H3. The highest BCUT2D eigenvalue weighted by atomic mass is 16.2. The van der Waals surface area contributed by atoms with Gasteiger partial charge in [-0.25, -0.2) is 0 Å². The molecule has 82 valence electrons. The molecule has 0 saturated heterocycles. The number of rotatable bonds is 2. The third-order valence-electron chi connectivity index (χ3n) is 2.27. The molecule has 0 spiro atoms. The number of aryl methyl sites for hydroxylation is 2. The zero-order valence-electron chi connectivity index (χ0n) is 9.15. The van der Waals surface area contributed by atoms with E-state index in [1.165, 1.54) is 12.2 Å². The van der Waals surface area contributed by atoms with Crippen molar-refractivity contribution >= 4 is 17.5 Å². The lowest BCUT2D eigenvalue weighted by molar-refractivity contribution is -0.135. The molecule has 1 heterocycles. The van der Waals surface area contributed by atoms with Crippen molar-refractivity contribution in [2.24, 2.45) is 0 Å². The Hall–Kier alpha value is -2.10. The number of anilines is 1. The molecule has 1 aromatic rings. The van der Waals surface area contributed by atoms with E-state index in [4.69, 9.17) is 0 Å². The highest BCUT2D eigenvalue weighted by Gasteiger charge is 2.23. The van der Waals surface area contributed by atoms with Gasteiger partial charge in [-0.3, -0.25) is 15.0 Å². The molecule has 0 bridgehead atoms. The highest BCUT2D eigenvalue weighted by molar-refractivity contribution is 6.13. The van der Waals surface area contributed by atoms with Crippen LogP contribution in [0.5, 0.6) is 0 Å². The second kappa shape index (κ2) is 3.81. The normalized spacial score (nSPS) is 14.8. The number of hydrogen-bond acceptors (Lipinski definition) is 3. The van der Waals surface area contributed by atoms with Gasteiger partial charge in [-0.05, 0) is 37.1 Å². The summed E-state index contributed by atoms with van der Waals surface area (Å²) in [4.78, 5) is 22.6. The van der Waals surface area contributed by atoms with Crippen LogP contribution in [0.4, 0.5) is 5.69 Å². The molecule has 1 aliphatic heterocycles. The molecule has 1 aromatic carbocycles. The predicted molar refractivity (Wildman–Crippen MR) is 60.5 cm³/mol. The molecule has 0 atom stereocenters. The maximum absolute atomic E-state index is 11.3. The summed E-state index contributed by atoms with van der Waals surface area (Å²) in [5, 5.41) is 0.994. The lowest BCUT2D eigenvalue weighted by Crippen LogP contribution is -2.35. The third kappa shape index (κ3) is 1.95. The van der Waals surface area contributed by atoms with E-state index in [1.807, 2.05) is 32.0 Å². The Balaban J connectivity index is 2.21. The van der Waals surface area contributed by atoms with Gasteiger partial charge in [0.2, 0.25) is 0 Å². The molecule has 4 nitrogen and oxygen atoms in total. The summed E-state index contributed by atoms with van der Waals surface area (Å²) in [7, 11) is 0. The summed E-state index contributed by atoms with van der Waals surface area (Å²) in [6, 6.07) is 5.79. The minimum atomic E-state index is -0.343. The number of imide groups is 1. The number of hydrogen-bond donors (Lipinski definition) is 1. The van der Waals surface area contributed by atoms with Gasteiger partial charge in [-0.15, -0.1) is 0 Å². The highest BCUT2D eigenvalue weighted by Crippen LogP contribution is 2.16. The molecule has 2 amide bonds. The monoisotopic (exact) mass is 216 g/mol. The first kappa shape index (κ1) is 10.4. The molecule has 16 heavy (non-hydrogen) atoms. The lowest BCUT2D eigenvalue weighted by Gasteiger charge is -2.17. The molecule has 0 fully saturated rings. The van der Waals surface area contributed by atoms with E-state index in [0.29, 0.717) is 0 Å². The summed E-state index contributed by atoms with van der Waals surface area (Å²) >= 11 is 0. The maximum atomic E-state index is 11.3. The van der Waals surface area contributed by atoms with Gasteiger partial charge in [0.15, 0.2) is 0 Å². The first-order valence-corrected chi connectivity index (χ1v) is 4.97. The Labute approximate surface area is 93.5 Å². The van der Waals surface area contributed by atoms with Gasteiger partial charge < -0.3 is 0 Å². The van der Waals surface area contributed by atoms with Gasteiger partial charge in [-0.1, -0.05) is 6.07 Å². The Kier molecular flexibility index (Phi) is 2.48. The topological polar surface area (TPSA) is 49.4 Å². The molecule has 1 N–H and O–H groups in total. The first-order chi connectivity index (χ1) is 7.56. The van der Waals surface area contributed by atoms with Crippen LogP contribution in [-0.4, -0.2) is 16.8 Å². The van der Waals surface area contributed by atoms with Crippen LogP contribution < -0.4 is 5.43 Å². The quantitative estimate of drug-likeness (QED) is 0.763. The number of benzene rings is 1. The van der Waals surface area contributed by atoms with Gasteiger partial charge in [0.05, 0.1) is 5.69 Å². The minimum Gasteiger partial charge on any atom is -0.288 e. The molecule has 0 radical (unpaired) electrons. The van der Waals surface area contributed by atoms with Crippen LogP contribution in [-0.2, 0) is 9.59 Å². The predicted octanol–water partition coefficient (Wildman–Crippen LogP) is 1.56. The fraction of sp³-hybridized carbons (Fsp3) is 0.167. The zero-order valence-corrected chi connectivity index (χ0v) is 9.15. The van der Waals surface area contributed by atoms with Crippen LogP contribution in [0.15, 0.2) is 30.4 Å². The second-order valence-corrected chi connectivity index (χ2v) is 3.83. The lowest BCUT2D eigenvalue weighted by atomic mass is 10.1. The molecule has 0 aliphatic carbocycles. The van der Waals surface area contributed by atoms with Crippen LogP contribution in [0.2, 0.25) is 0 Å². The first-order valence-electron chi connectivity index (χ1n) is 4.97. The van der Waals surface area contributed by atoms with Gasteiger partial charge in [0.25, 0.3) is 11.8 Å². The Morgan fingerprint density at radius 2 is 1.44 bits per heavy atom. The van der Waals surface area contributed by atoms with E-state index >= 15 is 0 Å². The summed E-state index contributed by atoms with van der Waals surface area (Å²) in [6.07, 6.45) is 2.50. The molecule has 2 rings (SSSR count). The number of carbonyl (C=O) groups is 2. The van der Waals surface area contributed by atoms with Crippen LogP contribution in [0.1, 0.15) is 11.1 Å². The summed E-state index contributed by atoms with van der Waals surface area (Å²) in [6.45, 7) is 3.92. The fourth-order valence-electron chi connectivity index (χ4n) is 1.68. The van der Waals surface area contributed by atoms with Crippen molar-refractivity contribution in [3.63, 3.8) is 0 Å². The van der Waals surface area contributed by atoms with Crippen molar-refractivity contribution in [1.82, 2.24) is 5.01 Å². The van der Waals surface area contributed by atoms with Crippen molar-refractivity contribution < 1.29 is 9.59 Å². The van der Waals surface area contributed by atoms with E-state index in [-0.39, 0.29) is 11.8 Å².